The molecule has 0 saturated carbocycles. The number of aromatic carboxylic acids is 1. The maximum absolute atomic E-state index is 13.5. The number of thiazole rings is 1. The Balaban J connectivity index is 1.14. The maximum atomic E-state index is 13.5. The van der Waals surface area contributed by atoms with Crippen molar-refractivity contribution in [1.82, 2.24) is 19.7 Å². The number of carboxylic acids is 1. The van der Waals surface area contributed by atoms with Gasteiger partial charge in [-0.2, -0.15) is 5.10 Å². The van der Waals surface area contributed by atoms with E-state index >= 15 is 0 Å². The van der Waals surface area contributed by atoms with Crippen molar-refractivity contribution in [2.24, 2.45) is 0 Å². The summed E-state index contributed by atoms with van der Waals surface area (Å²) in [6, 6.07) is 27.3. The summed E-state index contributed by atoms with van der Waals surface area (Å²) in [7, 11) is 1.69. The van der Waals surface area contributed by atoms with Crippen LogP contribution in [0.4, 0.5) is 10.9 Å². The normalized spacial score (nSPS) is 13.3. The molecule has 48 heavy (non-hydrogen) atoms. The van der Waals surface area contributed by atoms with Gasteiger partial charge in [0.05, 0.1) is 22.5 Å². The smallest absolute Gasteiger partial charge is 0.355 e. The zero-order chi connectivity index (χ0) is 33.0. The summed E-state index contributed by atoms with van der Waals surface area (Å²) in [6.07, 6.45) is 5.95. The minimum absolute atomic E-state index is 0.0231. The zero-order valence-corrected chi connectivity index (χ0v) is 27.2. The summed E-state index contributed by atoms with van der Waals surface area (Å²) >= 11 is 1.43. The highest BCUT2D eigenvalue weighted by atomic mass is 32.1. The molecule has 242 valence electrons. The van der Waals surface area contributed by atoms with Gasteiger partial charge in [0.15, 0.2) is 10.8 Å². The number of ether oxygens (including phenoxy) is 1. The second-order valence-corrected chi connectivity index (χ2v) is 12.7. The minimum atomic E-state index is -1.12. The topological polar surface area (TPSA) is 122 Å². The first-order valence-electron chi connectivity index (χ1n) is 15.8. The number of nitrogens with one attached hydrogen (secondary N) is 1. The lowest BCUT2D eigenvalue weighted by atomic mass is 9.94. The van der Waals surface area contributed by atoms with E-state index in [9.17, 15) is 14.7 Å². The standard InChI is InChI=1S/C37H34N6O4S/c1-47-20-8-14-31(25-9-3-2-4-10-25)43-22-26(21-38-43)27-16-17-33(40-34(27)36(45)46)42-19-18-24-11-7-12-28(29(24)23-42)35(44)41-37-39-30-13-5-6-15-32(30)48-37/h2-7,9-13,15-17,21-22,31H,8,14,18-20,23H2,1H3,(H,45,46)(H,39,41,44). The van der Waals surface area contributed by atoms with Crippen LogP contribution >= 0.6 is 11.3 Å². The number of para-hydroxylation sites is 1. The summed E-state index contributed by atoms with van der Waals surface area (Å²) < 4.78 is 8.18. The molecule has 0 aliphatic carbocycles. The van der Waals surface area contributed by atoms with Crippen LogP contribution in [-0.2, 0) is 17.7 Å². The lowest BCUT2D eigenvalue weighted by Gasteiger charge is -2.31. The van der Waals surface area contributed by atoms with E-state index in [-0.39, 0.29) is 17.6 Å². The Kier molecular flexibility index (Phi) is 8.95. The predicted molar refractivity (Wildman–Crippen MR) is 187 cm³/mol. The molecule has 4 heterocycles. The van der Waals surface area contributed by atoms with Crippen molar-refractivity contribution in [3.05, 3.63) is 125 Å². The molecule has 2 N–H and O–H groups in total. The molecule has 1 atom stereocenters. The second kappa shape index (κ2) is 13.8. The van der Waals surface area contributed by atoms with Gasteiger partial charge in [-0.3, -0.25) is 14.8 Å². The Labute approximate surface area is 281 Å². The SMILES string of the molecule is COCCCC(c1ccccc1)n1cc(-c2ccc(N3CCc4cccc(C(=O)Nc5nc6ccccc6s5)c4C3)nc2C(=O)O)cn1. The molecular formula is C37H34N6O4S. The number of hydrogen-bond donors (Lipinski definition) is 2. The molecule has 0 spiro atoms. The molecule has 11 heteroatoms. The van der Waals surface area contributed by atoms with Gasteiger partial charge in [-0.05, 0) is 66.3 Å². The van der Waals surface area contributed by atoms with Crippen molar-refractivity contribution in [1.29, 1.82) is 0 Å². The van der Waals surface area contributed by atoms with Gasteiger partial charge in [0, 0.05) is 49.7 Å². The van der Waals surface area contributed by atoms with E-state index in [0.29, 0.717) is 53.8 Å². The third kappa shape index (κ3) is 6.42. The van der Waals surface area contributed by atoms with E-state index in [2.05, 4.69) is 32.5 Å². The highest BCUT2D eigenvalue weighted by Crippen LogP contribution is 2.32. The Morgan fingerprint density at radius 1 is 1.00 bits per heavy atom. The molecule has 0 bridgehead atoms. The van der Waals surface area contributed by atoms with Crippen LogP contribution in [0.2, 0.25) is 0 Å². The highest BCUT2D eigenvalue weighted by Gasteiger charge is 2.26. The Hall–Kier alpha value is -5.39. The molecule has 0 saturated heterocycles. The highest BCUT2D eigenvalue weighted by molar-refractivity contribution is 7.22. The fraction of sp³-hybridized carbons (Fsp3) is 0.216. The molecule has 1 amide bonds. The van der Waals surface area contributed by atoms with Crippen LogP contribution < -0.4 is 10.2 Å². The van der Waals surface area contributed by atoms with E-state index in [0.717, 1.165) is 39.7 Å². The minimum Gasteiger partial charge on any atom is -0.476 e. The van der Waals surface area contributed by atoms with E-state index in [1.54, 1.807) is 19.4 Å². The quantitative estimate of drug-likeness (QED) is 0.142. The molecular weight excluding hydrogens is 625 g/mol. The largest absolute Gasteiger partial charge is 0.476 e. The van der Waals surface area contributed by atoms with Crippen molar-refractivity contribution in [2.75, 3.05) is 30.5 Å². The van der Waals surface area contributed by atoms with Crippen LogP contribution in [-0.4, -0.2) is 57.0 Å². The van der Waals surface area contributed by atoms with Crippen molar-refractivity contribution < 1.29 is 19.4 Å². The predicted octanol–water partition coefficient (Wildman–Crippen LogP) is 7.08. The molecule has 0 fully saturated rings. The van der Waals surface area contributed by atoms with Crippen LogP contribution in [0.1, 0.15) is 56.4 Å². The van der Waals surface area contributed by atoms with Gasteiger partial charge in [0.25, 0.3) is 5.91 Å². The lowest BCUT2D eigenvalue weighted by Crippen LogP contribution is -2.33. The van der Waals surface area contributed by atoms with Crippen LogP contribution in [0, 0.1) is 0 Å². The van der Waals surface area contributed by atoms with Gasteiger partial charge in [0.2, 0.25) is 0 Å². The van der Waals surface area contributed by atoms with Gasteiger partial charge in [0.1, 0.15) is 5.82 Å². The van der Waals surface area contributed by atoms with Crippen molar-refractivity contribution >= 4 is 44.4 Å². The lowest BCUT2D eigenvalue weighted by molar-refractivity contribution is 0.0691. The Bertz CT molecular complexity index is 2060. The molecule has 0 radical (unpaired) electrons. The number of anilines is 2. The molecule has 3 aromatic heterocycles. The maximum Gasteiger partial charge on any atom is 0.355 e. The molecule has 1 aliphatic rings. The van der Waals surface area contributed by atoms with Gasteiger partial charge in [-0.1, -0.05) is 65.9 Å². The summed E-state index contributed by atoms with van der Waals surface area (Å²) in [5, 5.41) is 18.5. The van der Waals surface area contributed by atoms with E-state index in [1.807, 2.05) is 82.5 Å². The van der Waals surface area contributed by atoms with Crippen LogP contribution in [0.15, 0.2) is 97.3 Å². The first kappa shape index (κ1) is 31.2. The summed E-state index contributed by atoms with van der Waals surface area (Å²) in [5.74, 6) is -0.805. The number of hydrogen-bond acceptors (Lipinski definition) is 8. The number of benzene rings is 3. The summed E-state index contributed by atoms with van der Waals surface area (Å²) in [4.78, 5) is 37.3. The average Bonchev–Trinajstić information content (AvgIpc) is 3.77. The Morgan fingerprint density at radius 2 is 1.83 bits per heavy atom. The van der Waals surface area contributed by atoms with Gasteiger partial charge >= 0.3 is 5.97 Å². The number of carbonyl (C=O) groups excluding carboxylic acids is 1. The molecule has 3 aromatic carbocycles. The fourth-order valence-electron chi connectivity index (χ4n) is 6.30. The number of carbonyl (C=O) groups is 2. The number of rotatable bonds is 11. The number of nitrogens with zero attached hydrogens (tertiary/aromatic N) is 5. The molecule has 7 rings (SSSR count). The van der Waals surface area contributed by atoms with Crippen LogP contribution in [0.5, 0.6) is 0 Å². The molecule has 10 nitrogen and oxygen atoms in total. The molecule has 6 aromatic rings. The van der Waals surface area contributed by atoms with Crippen LogP contribution in [0.3, 0.4) is 0 Å². The first-order chi connectivity index (χ1) is 23.5. The Morgan fingerprint density at radius 3 is 2.65 bits per heavy atom. The van der Waals surface area contributed by atoms with Crippen molar-refractivity contribution in [2.45, 2.75) is 31.8 Å². The number of amides is 1. The van der Waals surface area contributed by atoms with Crippen molar-refractivity contribution in [3.63, 3.8) is 0 Å². The first-order valence-corrected chi connectivity index (χ1v) is 16.7. The molecule has 1 unspecified atom stereocenters. The van der Waals surface area contributed by atoms with Gasteiger partial charge < -0.3 is 14.7 Å². The summed E-state index contributed by atoms with van der Waals surface area (Å²) in [5.41, 5.74) is 5.64. The van der Waals surface area contributed by atoms with Crippen molar-refractivity contribution in [3.8, 4) is 11.1 Å². The van der Waals surface area contributed by atoms with E-state index in [1.165, 1.54) is 11.3 Å². The van der Waals surface area contributed by atoms with Crippen LogP contribution in [0.25, 0.3) is 21.3 Å². The fourth-order valence-corrected chi connectivity index (χ4v) is 7.16. The molecule has 1 aliphatic heterocycles. The van der Waals surface area contributed by atoms with E-state index < -0.39 is 5.97 Å². The number of methoxy groups -OCH3 is 1. The number of fused-ring (bicyclic) bond motifs is 2. The van der Waals surface area contributed by atoms with Gasteiger partial charge in [-0.15, -0.1) is 0 Å². The monoisotopic (exact) mass is 658 g/mol. The summed E-state index contributed by atoms with van der Waals surface area (Å²) in [6.45, 7) is 1.70. The third-order valence-corrected chi connectivity index (χ3v) is 9.63. The zero-order valence-electron chi connectivity index (χ0n) is 26.4. The second-order valence-electron chi connectivity index (χ2n) is 11.7. The average molecular weight is 659 g/mol. The third-order valence-electron chi connectivity index (χ3n) is 8.68. The number of pyridine rings is 1. The number of carboxylic acid groups (broad SMARTS) is 1. The van der Waals surface area contributed by atoms with E-state index in [4.69, 9.17) is 4.74 Å². The number of aromatic nitrogens is 4. The van der Waals surface area contributed by atoms with Gasteiger partial charge in [-0.25, -0.2) is 14.8 Å².